The minimum absolute atomic E-state index is 0.0190. The summed E-state index contributed by atoms with van der Waals surface area (Å²) in [5.41, 5.74) is -0.0190. The second-order valence-corrected chi connectivity index (χ2v) is 4.74. The third-order valence-corrected chi connectivity index (χ3v) is 3.00. The maximum atomic E-state index is 13.4. The number of halogens is 1. The van der Waals surface area contributed by atoms with Gasteiger partial charge in [0.05, 0.1) is 5.56 Å². The van der Waals surface area contributed by atoms with Crippen molar-refractivity contribution in [2.24, 2.45) is 0 Å². The van der Waals surface area contributed by atoms with Gasteiger partial charge in [0.2, 0.25) is 0 Å². The molecule has 3 nitrogen and oxygen atoms in total. The Morgan fingerprint density at radius 3 is 2.69 bits per heavy atom. The van der Waals surface area contributed by atoms with Gasteiger partial charge in [-0.15, -0.1) is 11.8 Å². The molecule has 0 amide bonds. The number of hydrogen-bond acceptors (Lipinski definition) is 3. The van der Waals surface area contributed by atoms with Crippen LogP contribution in [0, 0.1) is 5.82 Å². The molecule has 1 N–H and O–H groups in total. The van der Waals surface area contributed by atoms with Gasteiger partial charge in [-0.05, 0) is 32.3 Å². The molecular weight excluding hydrogens is 229 g/mol. The second-order valence-electron chi connectivity index (χ2n) is 3.60. The van der Waals surface area contributed by atoms with Gasteiger partial charge in [-0.2, -0.15) is 0 Å². The highest BCUT2D eigenvalue weighted by Crippen LogP contribution is 2.22. The van der Waals surface area contributed by atoms with Gasteiger partial charge in [-0.3, -0.25) is 0 Å². The average molecular weight is 243 g/mol. The van der Waals surface area contributed by atoms with Crippen molar-refractivity contribution in [1.29, 1.82) is 0 Å². The van der Waals surface area contributed by atoms with Crippen molar-refractivity contribution in [3.8, 4) is 0 Å². The van der Waals surface area contributed by atoms with E-state index in [1.165, 1.54) is 23.9 Å². The van der Waals surface area contributed by atoms with Crippen molar-refractivity contribution in [1.82, 2.24) is 4.90 Å². The van der Waals surface area contributed by atoms with Crippen LogP contribution >= 0.6 is 11.8 Å². The van der Waals surface area contributed by atoms with Gasteiger partial charge in [0.1, 0.15) is 5.82 Å². The van der Waals surface area contributed by atoms with Crippen molar-refractivity contribution in [3.63, 3.8) is 0 Å². The van der Waals surface area contributed by atoms with Gasteiger partial charge in [0.15, 0.2) is 0 Å². The lowest BCUT2D eigenvalue weighted by atomic mass is 10.2. The number of hydrogen-bond donors (Lipinski definition) is 1. The molecule has 0 aromatic heterocycles. The number of carboxylic acids is 1. The first-order chi connectivity index (χ1) is 7.50. The summed E-state index contributed by atoms with van der Waals surface area (Å²) >= 11 is 1.39. The largest absolute Gasteiger partial charge is 0.478 e. The molecule has 0 aliphatic heterocycles. The van der Waals surface area contributed by atoms with E-state index < -0.39 is 11.8 Å². The Hall–Kier alpha value is -1.07. The third kappa shape index (κ3) is 3.83. The number of nitrogens with zero attached hydrogens (tertiary/aromatic N) is 1. The molecule has 0 radical (unpaired) electrons. The summed E-state index contributed by atoms with van der Waals surface area (Å²) in [6.45, 7) is 0.852. The normalized spacial score (nSPS) is 10.8. The highest BCUT2D eigenvalue weighted by atomic mass is 32.2. The van der Waals surface area contributed by atoms with Crippen LogP contribution in [0.5, 0.6) is 0 Å². The first-order valence-corrected chi connectivity index (χ1v) is 5.79. The van der Waals surface area contributed by atoms with E-state index in [2.05, 4.69) is 0 Å². The molecule has 0 atom stereocenters. The molecule has 1 rings (SSSR count). The maximum absolute atomic E-state index is 13.4. The van der Waals surface area contributed by atoms with E-state index >= 15 is 0 Å². The molecule has 5 heteroatoms. The molecule has 0 saturated heterocycles. The lowest BCUT2D eigenvalue weighted by Gasteiger charge is -2.09. The zero-order chi connectivity index (χ0) is 12.1. The Balaban J connectivity index is 2.64. The van der Waals surface area contributed by atoms with Gasteiger partial charge >= 0.3 is 5.97 Å². The molecular formula is C11H14FNO2S. The van der Waals surface area contributed by atoms with Gasteiger partial charge in [-0.1, -0.05) is 0 Å². The van der Waals surface area contributed by atoms with Crippen LogP contribution in [0.15, 0.2) is 23.1 Å². The van der Waals surface area contributed by atoms with Crippen molar-refractivity contribution in [2.75, 3.05) is 26.4 Å². The van der Waals surface area contributed by atoms with Gasteiger partial charge in [0, 0.05) is 17.2 Å². The molecule has 0 saturated carbocycles. The molecule has 1 aromatic carbocycles. The number of aromatic carboxylic acids is 1. The summed E-state index contributed by atoms with van der Waals surface area (Å²) in [5.74, 6) is -0.802. The Morgan fingerprint density at radius 1 is 1.50 bits per heavy atom. The van der Waals surface area contributed by atoms with Crippen LogP contribution in [-0.2, 0) is 0 Å². The smallest absolute Gasteiger partial charge is 0.335 e. The van der Waals surface area contributed by atoms with E-state index in [0.29, 0.717) is 4.90 Å². The molecule has 16 heavy (non-hydrogen) atoms. The Kier molecular flexibility index (Phi) is 4.76. The lowest BCUT2D eigenvalue weighted by molar-refractivity contribution is 0.0696. The molecule has 1 aromatic rings. The Labute approximate surface area is 98.3 Å². The molecule has 0 aliphatic rings. The van der Waals surface area contributed by atoms with E-state index in [1.807, 2.05) is 19.0 Å². The molecule has 0 heterocycles. The van der Waals surface area contributed by atoms with Crippen molar-refractivity contribution < 1.29 is 14.3 Å². The lowest BCUT2D eigenvalue weighted by Crippen LogP contribution is -2.14. The number of rotatable bonds is 5. The summed E-state index contributed by atoms with van der Waals surface area (Å²) in [4.78, 5) is 13.1. The Bertz CT molecular complexity index is 382. The number of carboxylic acid groups (broad SMARTS) is 1. The average Bonchev–Trinajstić information content (AvgIpc) is 2.19. The fourth-order valence-corrected chi connectivity index (χ4v) is 2.13. The molecule has 0 aliphatic carbocycles. The van der Waals surface area contributed by atoms with Crippen LogP contribution in [0.2, 0.25) is 0 Å². The monoisotopic (exact) mass is 243 g/mol. The van der Waals surface area contributed by atoms with E-state index in [4.69, 9.17) is 5.11 Å². The van der Waals surface area contributed by atoms with Gasteiger partial charge in [0.25, 0.3) is 0 Å². The molecule has 0 fully saturated rings. The standard InChI is InChI=1S/C11H14FNO2S/c1-13(2)5-6-16-10-4-3-8(11(14)15)7-9(10)12/h3-4,7H,5-6H2,1-2H3,(H,14,15). The second kappa shape index (κ2) is 5.86. The molecule has 88 valence electrons. The highest BCUT2D eigenvalue weighted by Gasteiger charge is 2.08. The van der Waals surface area contributed by atoms with Crippen molar-refractivity contribution in [2.45, 2.75) is 4.90 Å². The minimum atomic E-state index is -1.11. The summed E-state index contributed by atoms with van der Waals surface area (Å²) in [7, 11) is 3.90. The summed E-state index contributed by atoms with van der Waals surface area (Å²) in [5, 5.41) is 8.67. The SMILES string of the molecule is CN(C)CCSc1ccc(C(=O)O)cc1F. The maximum Gasteiger partial charge on any atom is 0.335 e. The number of thioether (sulfide) groups is 1. The quantitative estimate of drug-likeness (QED) is 0.805. The highest BCUT2D eigenvalue weighted by molar-refractivity contribution is 7.99. The van der Waals surface area contributed by atoms with Gasteiger partial charge < -0.3 is 10.0 Å². The first kappa shape index (κ1) is 13.0. The number of carbonyl (C=O) groups is 1. The zero-order valence-corrected chi connectivity index (χ0v) is 10.1. The fraction of sp³-hybridized carbons (Fsp3) is 0.364. The predicted molar refractivity (Wildman–Crippen MR) is 62.6 cm³/mol. The summed E-state index contributed by atoms with van der Waals surface area (Å²) in [6.07, 6.45) is 0. The fourth-order valence-electron chi connectivity index (χ4n) is 1.09. The van der Waals surface area contributed by atoms with E-state index in [9.17, 15) is 9.18 Å². The summed E-state index contributed by atoms with van der Waals surface area (Å²) in [6, 6.07) is 3.99. The Morgan fingerprint density at radius 2 is 2.19 bits per heavy atom. The van der Waals surface area contributed by atoms with Gasteiger partial charge in [-0.25, -0.2) is 9.18 Å². The number of benzene rings is 1. The van der Waals surface area contributed by atoms with Crippen molar-refractivity contribution >= 4 is 17.7 Å². The van der Waals surface area contributed by atoms with Crippen molar-refractivity contribution in [3.05, 3.63) is 29.6 Å². The van der Waals surface area contributed by atoms with E-state index in [-0.39, 0.29) is 5.56 Å². The third-order valence-electron chi connectivity index (χ3n) is 1.97. The van der Waals surface area contributed by atoms with E-state index in [0.717, 1.165) is 18.4 Å². The van der Waals surface area contributed by atoms with Crippen LogP contribution in [0.4, 0.5) is 4.39 Å². The minimum Gasteiger partial charge on any atom is -0.478 e. The molecule has 0 spiro atoms. The van der Waals surface area contributed by atoms with Crippen LogP contribution < -0.4 is 0 Å². The molecule has 0 unspecified atom stereocenters. The molecule has 0 bridgehead atoms. The van der Waals surface area contributed by atoms with E-state index in [1.54, 1.807) is 0 Å². The zero-order valence-electron chi connectivity index (χ0n) is 9.24. The topological polar surface area (TPSA) is 40.5 Å². The van der Waals surface area contributed by atoms with Crippen LogP contribution in [0.3, 0.4) is 0 Å². The van der Waals surface area contributed by atoms with Crippen LogP contribution in [-0.4, -0.2) is 42.4 Å². The van der Waals surface area contributed by atoms with Crippen LogP contribution in [0.1, 0.15) is 10.4 Å². The predicted octanol–water partition coefficient (Wildman–Crippen LogP) is 2.18. The first-order valence-electron chi connectivity index (χ1n) is 4.81. The summed E-state index contributed by atoms with van der Waals surface area (Å²) < 4.78 is 13.4. The van der Waals surface area contributed by atoms with Crippen LogP contribution in [0.25, 0.3) is 0 Å².